The first-order chi connectivity index (χ1) is 16.0. The lowest BCUT2D eigenvalue weighted by molar-refractivity contribution is -0.123. The second-order valence-corrected chi connectivity index (χ2v) is 8.85. The maximum Gasteiger partial charge on any atom is 0.254 e. The molecule has 4 heterocycles. The van der Waals surface area contributed by atoms with Crippen molar-refractivity contribution in [3.05, 3.63) is 60.0 Å². The molecule has 0 radical (unpaired) electrons. The molecule has 2 fully saturated rings. The minimum absolute atomic E-state index is 0.0806. The molecule has 2 aromatic heterocycles. The number of rotatable bonds is 3. The zero-order chi connectivity index (χ0) is 22.6. The Labute approximate surface area is 190 Å². The molecule has 2 N–H and O–H groups in total. The first-order valence-corrected chi connectivity index (χ1v) is 11.0. The van der Waals surface area contributed by atoms with E-state index in [0.29, 0.717) is 35.9 Å². The van der Waals surface area contributed by atoms with Crippen molar-refractivity contribution in [2.45, 2.75) is 18.3 Å². The second kappa shape index (κ2) is 7.26. The summed E-state index contributed by atoms with van der Waals surface area (Å²) < 4.78 is 0. The van der Waals surface area contributed by atoms with E-state index in [4.69, 9.17) is 0 Å². The molecule has 0 unspecified atom stereocenters. The topological polar surface area (TPSA) is 112 Å². The fourth-order valence-corrected chi connectivity index (χ4v) is 4.73. The Morgan fingerprint density at radius 3 is 2.64 bits per heavy atom. The van der Waals surface area contributed by atoms with Gasteiger partial charge in [-0.1, -0.05) is 6.07 Å². The summed E-state index contributed by atoms with van der Waals surface area (Å²) in [5.74, 6) is 0.419. The van der Waals surface area contributed by atoms with Crippen LogP contribution in [-0.2, 0) is 10.2 Å². The van der Waals surface area contributed by atoms with Crippen LogP contribution >= 0.6 is 0 Å². The number of aromatic nitrogens is 3. The van der Waals surface area contributed by atoms with Crippen molar-refractivity contribution in [1.29, 1.82) is 0 Å². The number of amides is 2. The monoisotopic (exact) mass is 442 g/mol. The lowest BCUT2D eigenvalue weighted by Crippen LogP contribution is -2.49. The van der Waals surface area contributed by atoms with Crippen molar-refractivity contribution < 1.29 is 14.7 Å². The van der Waals surface area contributed by atoms with Crippen molar-refractivity contribution in [3.8, 4) is 17.0 Å². The van der Waals surface area contributed by atoms with Crippen LogP contribution in [0.4, 0.5) is 11.6 Å². The lowest BCUT2D eigenvalue weighted by atomic mass is 9.97. The number of fused-ring (bicyclic) bond motifs is 2. The van der Waals surface area contributed by atoms with Gasteiger partial charge in [-0.15, -0.1) is 0 Å². The molecule has 1 spiro atoms. The van der Waals surface area contributed by atoms with E-state index in [0.717, 1.165) is 25.1 Å². The molecule has 0 bridgehead atoms. The van der Waals surface area contributed by atoms with Crippen molar-refractivity contribution in [2.75, 3.05) is 31.1 Å². The highest BCUT2D eigenvalue weighted by molar-refractivity contribution is 5.98. The van der Waals surface area contributed by atoms with Crippen LogP contribution in [0.3, 0.4) is 0 Å². The van der Waals surface area contributed by atoms with Gasteiger partial charge in [-0.2, -0.15) is 0 Å². The van der Waals surface area contributed by atoms with Crippen molar-refractivity contribution in [1.82, 2.24) is 25.2 Å². The minimum Gasteiger partial charge on any atom is -0.508 e. The van der Waals surface area contributed by atoms with Gasteiger partial charge < -0.3 is 20.2 Å². The SMILES string of the molecule is O=C1CN(C(=O)c2ccc3c(c2)N(c2ncc(-c4cc(O)ccn4)cn2)CC32CC2)CCN1. The van der Waals surface area contributed by atoms with Gasteiger partial charge in [0.15, 0.2) is 0 Å². The van der Waals surface area contributed by atoms with Crippen LogP contribution < -0.4 is 10.2 Å². The van der Waals surface area contributed by atoms with Crippen LogP contribution in [0.5, 0.6) is 5.75 Å². The molecule has 6 rings (SSSR count). The summed E-state index contributed by atoms with van der Waals surface area (Å²) in [7, 11) is 0. The number of carbonyl (C=O) groups is 2. The summed E-state index contributed by atoms with van der Waals surface area (Å²) in [4.78, 5) is 41.9. The summed E-state index contributed by atoms with van der Waals surface area (Å²) in [6, 6.07) is 8.91. The van der Waals surface area contributed by atoms with Gasteiger partial charge in [-0.3, -0.25) is 14.6 Å². The van der Waals surface area contributed by atoms with Crippen molar-refractivity contribution in [3.63, 3.8) is 0 Å². The summed E-state index contributed by atoms with van der Waals surface area (Å²) >= 11 is 0. The zero-order valence-electron chi connectivity index (χ0n) is 17.9. The Bertz CT molecular complexity index is 1270. The predicted octanol–water partition coefficient (Wildman–Crippen LogP) is 2.00. The smallest absolute Gasteiger partial charge is 0.254 e. The number of pyridine rings is 1. The molecule has 2 aliphatic heterocycles. The highest BCUT2D eigenvalue weighted by Crippen LogP contribution is 2.57. The third-order valence-corrected chi connectivity index (χ3v) is 6.67. The first-order valence-electron chi connectivity index (χ1n) is 11.0. The van der Waals surface area contributed by atoms with Crippen LogP contribution in [-0.4, -0.2) is 63.0 Å². The molecule has 1 aromatic carbocycles. The van der Waals surface area contributed by atoms with Crippen LogP contribution in [0.25, 0.3) is 11.3 Å². The summed E-state index contributed by atoms with van der Waals surface area (Å²) in [6.07, 6.45) is 7.13. The number of hydrogen-bond donors (Lipinski definition) is 2. The van der Waals surface area contributed by atoms with E-state index in [-0.39, 0.29) is 29.5 Å². The number of anilines is 2. The Balaban J connectivity index is 1.32. The van der Waals surface area contributed by atoms with Gasteiger partial charge in [0.1, 0.15) is 5.75 Å². The first kappa shape index (κ1) is 19.7. The number of nitrogens with one attached hydrogen (secondary N) is 1. The van der Waals surface area contributed by atoms with Crippen LogP contribution in [0, 0.1) is 0 Å². The average molecular weight is 442 g/mol. The van der Waals surface area contributed by atoms with Crippen molar-refractivity contribution >= 4 is 23.5 Å². The van der Waals surface area contributed by atoms with Gasteiger partial charge in [0.2, 0.25) is 11.9 Å². The highest BCUT2D eigenvalue weighted by atomic mass is 16.3. The molecule has 3 aromatic rings. The Morgan fingerprint density at radius 1 is 1.09 bits per heavy atom. The van der Waals surface area contributed by atoms with E-state index in [1.54, 1.807) is 23.4 Å². The van der Waals surface area contributed by atoms with Gasteiger partial charge in [-0.25, -0.2) is 9.97 Å². The third kappa shape index (κ3) is 3.36. The lowest BCUT2D eigenvalue weighted by Gasteiger charge is -2.27. The van der Waals surface area contributed by atoms with Crippen molar-refractivity contribution in [2.24, 2.45) is 0 Å². The molecule has 1 aliphatic carbocycles. The number of carbonyl (C=O) groups excluding carboxylic acids is 2. The van der Waals surface area contributed by atoms with Gasteiger partial charge in [0.25, 0.3) is 5.91 Å². The van der Waals surface area contributed by atoms with E-state index in [1.807, 2.05) is 18.2 Å². The molecule has 2 amide bonds. The molecular weight excluding hydrogens is 420 g/mol. The summed E-state index contributed by atoms with van der Waals surface area (Å²) in [5.41, 5.74) is 4.13. The summed E-state index contributed by atoms with van der Waals surface area (Å²) in [6.45, 7) is 1.83. The number of aromatic hydroxyl groups is 1. The van der Waals surface area contributed by atoms with E-state index >= 15 is 0 Å². The normalized spacial score (nSPS) is 18.2. The molecule has 9 heteroatoms. The number of nitrogens with zero attached hydrogens (tertiary/aromatic N) is 5. The number of hydrogen-bond acceptors (Lipinski definition) is 7. The fourth-order valence-electron chi connectivity index (χ4n) is 4.73. The molecular formula is C24H22N6O3. The minimum atomic E-state index is -0.143. The second-order valence-electron chi connectivity index (χ2n) is 8.85. The fraction of sp³-hybridized carbons (Fsp3) is 0.292. The Hall–Kier alpha value is -4.01. The van der Waals surface area contributed by atoms with Crippen LogP contribution in [0.2, 0.25) is 0 Å². The standard InChI is InChI=1S/C24H22N6O3/c31-17-3-6-25-19(10-17)16-11-27-23(28-12-16)30-14-24(4-5-24)18-2-1-15(9-20(18)30)22(33)29-8-7-26-21(32)13-29/h1-3,6,9-12H,4-5,7-8,13-14H2,(H,25,31)(H,26,32). The van der Waals surface area contributed by atoms with Crippen LogP contribution in [0.1, 0.15) is 28.8 Å². The maximum absolute atomic E-state index is 13.1. The van der Waals surface area contributed by atoms with E-state index < -0.39 is 0 Å². The summed E-state index contributed by atoms with van der Waals surface area (Å²) in [5, 5.41) is 12.5. The van der Waals surface area contributed by atoms with E-state index in [9.17, 15) is 14.7 Å². The Morgan fingerprint density at radius 2 is 1.91 bits per heavy atom. The van der Waals surface area contributed by atoms with Crippen LogP contribution in [0.15, 0.2) is 48.9 Å². The van der Waals surface area contributed by atoms with E-state index in [1.165, 1.54) is 17.8 Å². The molecule has 166 valence electrons. The molecule has 9 nitrogen and oxygen atoms in total. The molecule has 1 saturated heterocycles. The quantitative estimate of drug-likeness (QED) is 0.638. The maximum atomic E-state index is 13.1. The average Bonchev–Trinajstić information content (AvgIpc) is 3.55. The molecule has 0 atom stereocenters. The zero-order valence-corrected chi connectivity index (χ0v) is 17.9. The molecule has 3 aliphatic rings. The van der Waals surface area contributed by atoms with Gasteiger partial charge >= 0.3 is 0 Å². The van der Waals surface area contributed by atoms with Gasteiger partial charge in [0, 0.05) is 66.5 Å². The number of piperazine rings is 1. The number of benzene rings is 1. The molecule has 33 heavy (non-hydrogen) atoms. The predicted molar refractivity (Wildman–Crippen MR) is 120 cm³/mol. The largest absolute Gasteiger partial charge is 0.508 e. The highest BCUT2D eigenvalue weighted by Gasteiger charge is 2.52. The van der Waals surface area contributed by atoms with E-state index in [2.05, 4.69) is 25.2 Å². The third-order valence-electron chi connectivity index (χ3n) is 6.67. The Kier molecular flexibility index (Phi) is 4.33. The van der Waals surface area contributed by atoms with Gasteiger partial charge in [-0.05, 0) is 36.6 Å². The van der Waals surface area contributed by atoms with Gasteiger partial charge in [0.05, 0.1) is 12.2 Å². The molecule has 1 saturated carbocycles.